The predicted octanol–water partition coefficient (Wildman–Crippen LogP) is 1.77. The maximum absolute atomic E-state index is 14.2. The van der Waals surface area contributed by atoms with Gasteiger partial charge in [-0.2, -0.15) is 0 Å². The standard InChI is InChI=1S/C35H37FN2O7.Na/c1-21(2)38-29(18-17-27(39)19-28(40)20-30(41)42)31(23-9-13-25(36)14-10-23)32(22-7-5-4-6-8-22)33(38)34(43)37-26-15-11-24(12-16-26)35(44)45-3;/h4-16,21,27-28,39-40H,17-20H2,1-3H3,(H,37,43)(H,41,42);/q;+1/p-1/t27-,28-;/m1./s1. The van der Waals surface area contributed by atoms with E-state index in [4.69, 9.17) is 4.74 Å². The monoisotopic (exact) mass is 638 g/mol. The van der Waals surface area contributed by atoms with Crippen LogP contribution in [0.3, 0.4) is 0 Å². The van der Waals surface area contributed by atoms with Crippen LogP contribution in [-0.2, 0) is 16.0 Å². The molecule has 0 fully saturated rings. The van der Waals surface area contributed by atoms with Gasteiger partial charge in [0.05, 0.1) is 24.9 Å². The van der Waals surface area contributed by atoms with Crippen LogP contribution < -0.4 is 40.0 Å². The molecule has 0 radical (unpaired) electrons. The third-order valence-electron chi connectivity index (χ3n) is 7.46. The van der Waals surface area contributed by atoms with Gasteiger partial charge in [0.2, 0.25) is 0 Å². The number of nitrogens with zero attached hydrogens (tertiary/aromatic N) is 1. The molecular weight excluding hydrogens is 602 g/mol. The van der Waals surface area contributed by atoms with Crippen molar-refractivity contribution in [3.63, 3.8) is 0 Å². The summed E-state index contributed by atoms with van der Waals surface area (Å²) in [7, 11) is 1.29. The number of esters is 1. The molecule has 0 bridgehead atoms. The van der Waals surface area contributed by atoms with E-state index in [1.54, 1.807) is 36.4 Å². The molecule has 9 nitrogen and oxygen atoms in total. The molecule has 4 aromatic rings. The molecule has 3 aromatic carbocycles. The van der Waals surface area contributed by atoms with E-state index >= 15 is 0 Å². The van der Waals surface area contributed by atoms with Crippen molar-refractivity contribution in [1.29, 1.82) is 0 Å². The number of rotatable bonds is 13. The van der Waals surface area contributed by atoms with Gasteiger partial charge in [0.25, 0.3) is 5.91 Å². The molecule has 236 valence electrons. The summed E-state index contributed by atoms with van der Waals surface area (Å²) in [6, 6.07) is 21.3. The molecule has 0 aliphatic heterocycles. The van der Waals surface area contributed by atoms with E-state index in [-0.39, 0.29) is 54.9 Å². The number of aromatic nitrogens is 1. The largest absolute Gasteiger partial charge is 1.00 e. The molecule has 0 spiro atoms. The molecule has 1 amide bonds. The number of carboxylic acids is 1. The number of hydrogen-bond acceptors (Lipinski definition) is 7. The average Bonchev–Trinajstić information content (AvgIpc) is 3.36. The smallest absolute Gasteiger partial charge is 0.550 e. The van der Waals surface area contributed by atoms with Gasteiger partial charge in [-0.1, -0.05) is 42.5 Å². The molecule has 0 aliphatic rings. The zero-order chi connectivity index (χ0) is 32.7. The number of carbonyl (C=O) groups is 3. The summed E-state index contributed by atoms with van der Waals surface area (Å²) in [5.41, 5.74) is 4.52. The number of carbonyl (C=O) groups excluding carboxylic acids is 3. The number of amides is 1. The number of benzene rings is 3. The normalized spacial score (nSPS) is 12.2. The topological polar surface area (TPSA) is 141 Å². The molecule has 4 rings (SSSR count). The van der Waals surface area contributed by atoms with Gasteiger partial charge in [-0.3, -0.25) is 4.79 Å². The van der Waals surface area contributed by atoms with Gasteiger partial charge in [-0.05, 0) is 80.6 Å². The quantitative estimate of drug-likeness (QED) is 0.150. The number of hydrogen-bond donors (Lipinski definition) is 3. The molecule has 3 N–H and O–H groups in total. The Bertz CT molecular complexity index is 1640. The van der Waals surface area contributed by atoms with E-state index in [0.29, 0.717) is 39.3 Å². The molecule has 1 aromatic heterocycles. The second-order valence-corrected chi connectivity index (χ2v) is 11.1. The van der Waals surface area contributed by atoms with Crippen LogP contribution in [0.2, 0.25) is 0 Å². The third-order valence-corrected chi connectivity index (χ3v) is 7.46. The number of methoxy groups -OCH3 is 1. The van der Waals surface area contributed by atoms with Crippen molar-refractivity contribution in [3.05, 3.63) is 102 Å². The number of carboxylic acid groups (broad SMARTS) is 1. The maximum Gasteiger partial charge on any atom is 1.00 e. The van der Waals surface area contributed by atoms with E-state index in [2.05, 4.69) is 5.32 Å². The van der Waals surface area contributed by atoms with Crippen LogP contribution in [0.1, 0.15) is 65.7 Å². The number of anilines is 1. The fourth-order valence-electron chi connectivity index (χ4n) is 5.50. The maximum atomic E-state index is 14.2. The average molecular weight is 639 g/mol. The van der Waals surface area contributed by atoms with Crippen molar-refractivity contribution in [2.75, 3.05) is 12.4 Å². The summed E-state index contributed by atoms with van der Waals surface area (Å²) in [6.45, 7) is 3.85. The van der Waals surface area contributed by atoms with Crippen LogP contribution in [0.5, 0.6) is 0 Å². The SMILES string of the molecule is COC(=O)c1ccc(NC(=O)c2c(-c3ccccc3)c(-c3ccc(F)cc3)c(CC[C@@H](O)C[C@@H](O)CC(=O)[O-])n2C(C)C)cc1.[Na+]. The summed E-state index contributed by atoms with van der Waals surface area (Å²) >= 11 is 0. The van der Waals surface area contributed by atoms with Gasteiger partial charge >= 0.3 is 35.5 Å². The van der Waals surface area contributed by atoms with Crippen molar-refractivity contribution in [2.45, 2.75) is 57.8 Å². The number of aliphatic hydroxyl groups is 2. The first kappa shape index (κ1) is 36.7. The van der Waals surface area contributed by atoms with Gasteiger partial charge in [-0.25, -0.2) is 9.18 Å². The molecule has 0 saturated carbocycles. The van der Waals surface area contributed by atoms with Gasteiger partial charge in [0.15, 0.2) is 0 Å². The summed E-state index contributed by atoms with van der Waals surface area (Å²) < 4.78 is 20.7. The molecule has 2 atom stereocenters. The fraction of sp³-hybridized carbons (Fsp3) is 0.286. The molecule has 0 aliphatic carbocycles. The van der Waals surface area contributed by atoms with E-state index in [0.717, 1.165) is 5.56 Å². The number of ether oxygens (including phenoxy) is 1. The summed E-state index contributed by atoms with van der Waals surface area (Å²) in [5, 5.41) is 34.7. The van der Waals surface area contributed by atoms with Crippen LogP contribution >= 0.6 is 0 Å². The van der Waals surface area contributed by atoms with Crippen LogP contribution in [0.25, 0.3) is 22.3 Å². The molecule has 11 heteroatoms. The Morgan fingerprint density at radius 1 is 0.891 bits per heavy atom. The minimum absolute atomic E-state index is 0. The molecular formula is C35H36FN2NaO7. The number of halogens is 1. The van der Waals surface area contributed by atoms with Crippen LogP contribution in [-0.4, -0.2) is 51.9 Å². The van der Waals surface area contributed by atoms with Crippen LogP contribution in [0.15, 0.2) is 78.9 Å². The van der Waals surface area contributed by atoms with E-state index in [1.165, 1.54) is 19.2 Å². The Morgan fingerprint density at radius 3 is 2.07 bits per heavy atom. The number of aliphatic carboxylic acids is 1. The molecule has 0 saturated heterocycles. The zero-order valence-corrected chi connectivity index (χ0v) is 28.3. The second-order valence-electron chi connectivity index (χ2n) is 11.1. The summed E-state index contributed by atoms with van der Waals surface area (Å²) in [4.78, 5) is 37.0. The third kappa shape index (κ3) is 8.92. The van der Waals surface area contributed by atoms with Crippen molar-refractivity contribution in [1.82, 2.24) is 4.57 Å². The second kappa shape index (κ2) is 16.7. The zero-order valence-electron chi connectivity index (χ0n) is 26.3. The van der Waals surface area contributed by atoms with Crippen molar-refractivity contribution < 1.29 is 68.4 Å². The molecule has 0 unspecified atom stereocenters. The van der Waals surface area contributed by atoms with Gasteiger partial charge < -0.3 is 34.7 Å². The first-order valence-electron chi connectivity index (χ1n) is 14.6. The van der Waals surface area contributed by atoms with E-state index < -0.39 is 42.3 Å². The van der Waals surface area contributed by atoms with Gasteiger partial charge in [0, 0.05) is 40.9 Å². The fourth-order valence-corrected chi connectivity index (χ4v) is 5.50. The van der Waals surface area contributed by atoms with E-state index in [9.17, 15) is 34.1 Å². The minimum Gasteiger partial charge on any atom is -0.550 e. The van der Waals surface area contributed by atoms with Gasteiger partial charge in [0.1, 0.15) is 11.5 Å². The number of nitrogens with one attached hydrogen (secondary N) is 1. The Morgan fingerprint density at radius 2 is 1.50 bits per heavy atom. The predicted molar refractivity (Wildman–Crippen MR) is 166 cm³/mol. The van der Waals surface area contributed by atoms with Gasteiger partial charge in [-0.15, -0.1) is 0 Å². The first-order valence-corrected chi connectivity index (χ1v) is 14.6. The summed E-state index contributed by atoms with van der Waals surface area (Å²) in [6.07, 6.45) is -2.66. The molecule has 1 heterocycles. The van der Waals surface area contributed by atoms with Crippen molar-refractivity contribution >= 4 is 23.5 Å². The Kier molecular flexibility index (Phi) is 13.3. The molecule has 46 heavy (non-hydrogen) atoms. The minimum atomic E-state index is -1.41. The van der Waals surface area contributed by atoms with E-state index in [1.807, 2.05) is 48.7 Å². The Hall–Kier alpha value is -3.80. The Balaban J connectivity index is 0.00000576. The van der Waals surface area contributed by atoms with Crippen molar-refractivity contribution in [2.24, 2.45) is 0 Å². The van der Waals surface area contributed by atoms with Crippen molar-refractivity contribution in [3.8, 4) is 22.3 Å². The summed E-state index contributed by atoms with van der Waals surface area (Å²) in [5.74, 6) is -2.76. The van der Waals surface area contributed by atoms with Crippen LogP contribution in [0, 0.1) is 5.82 Å². The van der Waals surface area contributed by atoms with Crippen LogP contribution in [0.4, 0.5) is 10.1 Å². The first-order chi connectivity index (χ1) is 21.5. The number of aliphatic hydroxyl groups excluding tert-OH is 2. The Labute approximate surface area is 289 Å².